The van der Waals surface area contributed by atoms with Crippen molar-refractivity contribution in [2.45, 2.75) is 406 Å². The van der Waals surface area contributed by atoms with Crippen LogP contribution in [0.3, 0.4) is 0 Å². The van der Waals surface area contributed by atoms with Crippen molar-refractivity contribution in [3.05, 3.63) is 36.5 Å². The summed E-state index contributed by atoms with van der Waals surface area (Å²) < 4.78 is 68.6. The lowest BCUT2D eigenvalue weighted by atomic mass is 10.0. The van der Waals surface area contributed by atoms with Crippen LogP contribution < -0.4 is 0 Å². The van der Waals surface area contributed by atoms with Crippen molar-refractivity contribution in [1.82, 2.24) is 0 Å². The molecule has 0 rings (SSSR count). The molecule has 0 aromatic heterocycles. The van der Waals surface area contributed by atoms with E-state index in [-0.39, 0.29) is 25.7 Å². The van der Waals surface area contributed by atoms with Gasteiger partial charge in [-0.15, -0.1) is 0 Å². The van der Waals surface area contributed by atoms with Crippen molar-refractivity contribution in [2.24, 2.45) is 0 Å². The lowest BCUT2D eigenvalue weighted by Gasteiger charge is -2.21. The van der Waals surface area contributed by atoms with Gasteiger partial charge in [0.2, 0.25) is 0 Å². The number of phosphoric ester groups is 2. The van der Waals surface area contributed by atoms with Crippen LogP contribution in [0.25, 0.3) is 0 Å². The Balaban J connectivity index is 5.31. The van der Waals surface area contributed by atoms with Crippen LogP contribution in [0.4, 0.5) is 0 Å². The molecule has 0 heterocycles. The molecule has 98 heavy (non-hydrogen) atoms. The summed E-state index contributed by atoms with van der Waals surface area (Å²) in [6.45, 7) is 4.91. The summed E-state index contributed by atoms with van der Waals surface area (Å²) in [4.78, 5) is 72.9. The molecule has 0 aromatic rings. The first-order chi connectivity index (χ1) is 47.7. The summed E-state index contributed by atoms with van der Waals surface area (Å²) in [7, 11) is -9.93. The number of ether oxygens (including phenoxy) is 4. The van der Waals surface area contributed by atoms with E-state index in [4.69, 9.17) is 37.0 Å². The smallest absolute Gasteiger partial charge is 0.462 e. The molecule has 576 valence electrons. The van der Waals surface area contributed by atoms with Gasteiger partial charge < -0.3 is 33.8 Å². The maximum atomic E-state index is 13.1. The van der Waals surface area contributed by atoms with E-state index in [1.54, 1.807) is 0 Å². The van der Waals surface area contributed by atoms with E-state index in [0.717, 1.165) is 128 Å². The number of aliphatic hydroxyl groups is 1. The second kappa shape index (κ2) is 72.6. The van der Waals surface area contributed by atoms with Crippen LogP contribution in [-0.2, 0) is 65.4 Å². The van der Waals surface area contributed by atoms with Gasteiger partial charge in [0, 0.05) is 25.7 Å². The van der Waals surface area contributed by atoms with E-state index < -0.39 is 97.5 Å². The fourth-order valence-corrected chi connectivity index (χ4v) is 13.0. The van der Waals surface area contributed by atoms with Crippen LogP contribution in [0.15, 0.2) is 36.5 Å². The molecule has 0 saturated carbocycles. The fourth-order valence-electron chi connectivity index (χ4n) is 11.4. The monoisotopic (exact) mass is 1430 g/mol. The second-order valence-corrected chi connectivity index (χ2v) is 30.3. The predicted molar refractivity (Wildman–Crippen MR) is 400 cm³/mol. The molecular weight excluding hydrogens is 1280 g/mol. The van der Waals surface area contributed by atoms with Crippen molar-refractivity contribution in [3.63, 3.8) is 0 Å². The van der Waals surface area contributed by atoms with E-state index >= 15 is 0 Å². The van der Waals surface area contributed by atoms with Crippen molar-refractivity contribution >= 4 is 39.5 Å². The summed E-state index contributed by atoms with van der Waals surface area (Å²) in [6.07, 6.45) is 68.3. The number of carbonyl (C=O) groups is 4. The molecule has 0 aliphatic heterocycles. The molecule has 5 atom stereocenters. The minimum Gasteiger partial charge on any atom is -0.462 e. The molecular formula is C79H148O17P2. The third kappa shape index (κ3) is 71.7. The molecule has 17 nitrogen and oxygen atoms in total. The van der Waals surface area contributed by atoms with Gasteiger partial charge in [0.05, 0.1) is 26.4 Å². The van der Waals surface area contributed by atoms with E-state index in [2.05, 4.69) is 64.2 Å². The molecule has 0 radical (unpaired) electrons. The first-order valence-corrected chi connectivity index (χ1v) is 43.2. The molecule has 19 heteroatoms. The Hall–Kier alpha value is -2.72. The minimum atomic E-state index is -4.97. The standard InChI is InChI=1S/C79H148O17P2/c1-5-9-13-17-21-25-29-33-36-40-43-47-51-55-59-63-76(81)89-69-74(95-78(83)65-61-57-53-49-45-39-32-28-24-20-16-12-8-4)71-93-97(85,86)91-67-73(80)68-92-98(87,88)94-72-75(96-79(84)66-62-58-54-50-46-42-38-35-31-27-23-19-15-11-7-3)70-90-77(82)64-60-56-52-48-44-41-37-34-30-26-22-18-14-10-6-2/h21,25,28,32-33,36,73-75,80H,5-20,22-24,26-27,29-31,34-35,37-72H2,1-4H3,(H,85,86)(H,87,88)/b25-21-,32-28-,36-33-/t73-,74-,75-/m1/s1. The number of rotatable bonds is 77. The number of hydrogen-bond donors (Lipinski definition) is 3. The molecule has 3 N–H and O–H groups in total. The maximum absolute atomic E-state index is 13.1. The number of hydrogen-bond acceptors (Lipinski definition) is 15. The highest BCUT2D eigenvalue weighted by Crippen LogP contribution is 2.45. The van der Waals surface area contributed by atoms with Gasteiger partial charge in [-0.1, -0.05) is 315 Å². The fraction of sp³-hybridized carbons (Fsp3) is 0.873. The van der Waals surface area contributed by atoms with Gasteiger partial charge >= 0.3 is 39.5 Å². The Morgan fingerprint density at radius 2 is 0.500 bits per heavy atom. The summed E-state index contributed by atoms with van der Waals surface area (Å²) in [5.74, 6) is -2.15. The molecule has 2 unspecified atom stereocenters. The molecule has 0 spiro atoms. The quantitative estimate of drug-likeness (QED) is 0.0169. The lowest BCUT2D eigenvalue weighted by Crippen LogP contribution is -2.30. The van der Waals surface area contributed by atoms with Crippen LogP contribution in [-0.4, -0.2) is 96.7 Å². The van der Waals surface area contributed by atoms with Crippen molar-refractivity contribution in [3.8, 4) is 0 Å². The molecule has 0 saturated heterocycles. The second-order valence-electron chi connectivity index (χ2n) is 27.4. The summed E-state index contributed by atoms with van der Waals surface area (Å²) >= 11 is 0. The largest absolute Gasteiger partial charge is 0.472 e. The Labute approximate surface area is 598 Å². The SMILES string of the molecule is CCCCC/C=C\C/C=C\CCCCCCCC(=O)OC[C@H](COP(=O)(O)OC[C@@H](O)COP(=O)(O)OC[C@@H](COC(=O)CCCCCCCCCCCCCCCCC)OC(=O)CCCCCCCCCCCCCCCCC)OC(=O)CCCCCCC/C=C\CCCCCC. The summed E-state index contributed by atoms with van der Waals surface area (Å²) in [6, 6.07) is 0. The Bertz CT molecular complexity index is 2000. The van der Waals surface area contributed by atoms with Crippen molar-refractivity contribution in [1.29, 1.82) is 0 Å². The van der Waals surface area contributed by atoms with E-state index in [0.29, 0.717) is 25.7 Å². The van der Waals surface area contributed by atoms with Gasteiger partial charge in [-0.2, -0.15) is 0 Å². The summed E-state index contributed by atoms with van der Waals surface area (Å²) in [5, 5.41) is 10.6. The van der Waals surface area contributed by atoms with Gasteiger partial charge in [0.25, 0.3) is 0 Å². The molecule has 0 fully saturated rings. The van der Waals surface area contributed by atoms with E-state index in [1.807, 2.05) is 0 Å². The number of phosphoric acid groups is 2. The highest BCUT2D eigenvalue weighted by Gasteiger charge is 2.30. The van der Waals surface area contributed by atoms with Gasteiger partial charge in [0.15, 0.2) is 12.2 Å². The molecule has 0 aliphatic rings. The molecule has 0 aliphatic carbocycles. The van der Waals surface area contributed by atoms with Gasteiger partial charge in [0.1, 0.15) is 19.3 Å². The number of aliphatic hydroxyl groups excluding tert-OH is 1. The van der Waals surface area contributed by atoms with Gasteiger partial charge in [-0.25, -0.2) is 9.13 Å². The average Bonchev–Trinajstić information content (AvgIpc) is 0.959. The summed E-state index contributed by atoms with van der Waals surface area (Å²) in [5.41, 5.74) is 0. The zero-order chi connectivity index (χ0) is 71.8. The average molecular weight is 1430 g/mol. The van der Waals surface area contributed by atoms with Crippen LogP contribution in [0.5, 0.6) is 0 Å². The number of esters is 4. The van der Waals surface area contributed by atoms with Crippen molar-refractivity contribution < 1.29 is 80.2 Å². The third-order valence-electron chi connectivity index (χ3n) is 17.6. The topological polar surface area (TPSA) is 237 Å². The zero-order valence-corrected chi connectivity index (χ0v) is 64.8. The first-order valence-electron chi connectivity index (χ1n) is 40.2. The number of allylic oxidation sites excluding steroid dienone is 6. The van der Waals surface area contributed by atoms with Crippen LogP contribution in [0.1, 0.15) is 387 Å². The van der Waals surface area contributed by atoms with Gasteiger partial charge in [-0.05, 0) is 83.5 Å². The van der Waals surface area contributed by atoms with Crippen LogP contribution in [0, 0.1) is 0 Å². The highest BCUT2D eigenvalue weighted by atomic mass is 31.2. The van der Waals surface area contributed by atoms with Crippen LogP contribution in [0.2, 0.25) is 0 Å². The van der Waals surface area contributed by atoms with E-state index in [9.17, 15) is 43.2 Å². The first kappa shape index (κ1) is 95.3. The normalized spacial score (nSPS) is 14.1. The zero-order valence-electron chi connectivity index (χ0n) is 63.0. The van der Waals surface area contributed by atoms with E-state index in [1.165, 1.54) is 180 Å². The van der Waals surface area contributed by atoms with Crippen molar-refractivity contribution in [2.75, 3.05) is 39.6 Å². The molecule has 0 aromatic carbocycles. The van der Waals surface area contributed by atoms with Crippen LogP contribution >= 0.6 is 15.6 Å². The maximum Gasteiger partial charge on any atom is 0.472 e. The Morgan fingerprint density at radius 3 is 0.796 bits per heavy atom. The predicted octanol–water partition coefficient (Wildman–Crippen LogP) is 23.1. The lowest BCUT2D eigenvalue weighted by molar-refractivity contribution is -0.161. The number of unbranched alkanes of at least 4 members (excludes halogenated alkanes) is 45. The van der Waals surface area contributed by atoms with Gasteiger partial charge in [-0.3, -0.25) is 37.3 Å². The Morgan fingerprint density at radius 1 is 0.286 bits per heavy atom. The highest BCUT2D eigenvalue weighted by molar-refractivity contribution is 7.47. The third-order valence-corrected chi connectivity index (χ3v) is 19.5. The molecule has 0 bridgehead atoms. The number of carbonyl (C=O) groups excluding carboxylic acids is 4. The molecule has 0 amide bonds. The Kier molecular flexibility index (Phi) is 70.6. The minimum absolute atomic E-state index is 0.0877.